The lowest BCUT2D eigenvalue weighted by Crippen LogP contribution is -2.28. The van der Waals surface area contributed by atoms with Crippen LogP contribution in [-0.4, -0.2) is 33.4 Å². The first kappa shape index (κ1) is 19.8. The monoisotopic (exact) mass is 441 g/mol. The van der Waals surface area contributed by atoms with E-state index in [2.05, 4.69) is 36.9 Å². The molecule has 7 nitrogen and oxygen atoms in total. The van der Waals surface area contributed by atoms with Crippen molar-refractivity contribution in [3.05, 3.63) is 70.0 Å². The van der Waals surface area contributed by atoms with E-state index >= 15 is 0 Å². The molecule has 0 aliphatic carbocycles. The summed E-state index contributed by atoms with van der Waals surface area (Å²) in [6.07, 6.45) is 0.160. The van der Waals surface area contributed by atoms with Gasteiger partial charge in [0.05, 0.1) is 11.4 Å². The van der Waals surface area contributed by atoms with Crippen LogP contribution in [0.4, 0.5) is 5.69 Å². The van der Waals surface area contributed by atoms with E-state index in [-0.39, 0.29) is 30.5 Å². The standard InChI is InChI=1S/C20H20BrN5O2/c1-13-3-9-17(10-4-13)26-14(2)19(24-25-26)20(28)22-12-11-18(27)23-16-7-5-15(21)6-8-16/h3-10H,11-12H2,1-2H3,(H,22,28)(H,23,27). The molecule has 1 heterocycles. The molecule has 0 bridgehead atoms. The van der Waals surface area contributed by atoms with Gasteiger partial charge in [-0.1, -0.05) is 38.8 Å². The zero-order valence-corrected chi connectivity index (χ0v) is 17.2. The number of hydrogen-bond donors (Lipinski definition) is 2. The molecular formula is C20H20BrN5O2. The number of carbonyl (C=O) groups is 2. The third-order valence-electron chi connectivity index (χ3n) is 4.15. The van der Waals surface area contributed by atoms with Crippen LogP contribution < -0.4 is 10.6 Å². The van der Waals surface area contributed by atoms with Crippen molar-refractivity contribution in [2.45, 2.75) is 20.3 Å². The minimum absolute atomic E-state index is 0.160. The number of aromatic nitrogens is 3. The van der Waals surface area contributed by atoms with Crippen molar-refractivity contribution in [3.8, 4) is 5.69 Å². The van der Waals surface area contributed by atoms with Gasteiger partial charge in [0.1, 0.15) is 0 Å². The smallest absolute Gasteiger partial charge is 0.273 e. The first-order chi connectivity index (χ1) is 13.4. The van der Waals surface area contributed by atoms with E-state index in [0.29, 0.717) is 11.4 Å². The molecule has 0 atom stereocenters. The third kappa shape index (κ3) is 4.83. The van der Waals surface area contributed by atoms with E-state index in [9.17, 15) is 9.59 Å². The second-order valence-corrected chi connectivity index (χ2v) is 7.25. The lowest BCUT2D eigenvalue weighted by Gasteiger charge is -2.07. The molecule has 2 amide bonds. The van der Waals surface area contributed by atoms with Gasteiger partial charge in [-0.05, 0) is 50.2 Å². The highest BCUT2D eigenvalue weighted by Crippen LogP contribution is 2.15. The third-order valence-corrected chi connectivity index (χ3v) is 4.68. The van der Waals surface area contributed by atoms with Crippen LogP contribution in [0.1, 0.15) is 28.2 Å². The molecule has 2 N–H and O–H groups in total. The highest BCUT2D eigenvalue weighted by molar-refractivity contribution is 9.10. The second kappa shape index (κ2) is 8.79. The Kier molecular flexibility index (Phi) is 6.20. The van der Waals surface area contributed by atoms with Crippen molar-refractivity contribution in [2.24, 2.45) is 0 Å². The fraction of sp³-hybridized carbons (Fsp3) is 0.200. The summed E-state index contributed by atoms with van der Waals surface area (Å²) in [5.74, 6) is -0.532. The average molecular weight is 442 g/mol. The minimum Gasteiger partial charge on any atom is -0.350 e. The molecule has 0 saturated carbocycles. The number of halogens is 1. The molecule has 0 fully saturated rings. The van der Waals surface area contributed by atoms with Crippen LogP contribution in [0.15, 0.2) is 53.0 Å². The van der Waals surface area contributed by atoms with Gasteiger partial charge in [0.15, 0.2) is 5.69 Å². The molecule has 0 aliphatic heterocycles. The zero-order chi connectivity index (χ0) is 20.1. The Bertz CT molecular complexity index is 981. The molecule has 3 rings (SSSR count). The summed E-state index contributed by atoms with van der Waals surface area (Å²) in [7, 11) is 0. The Morgan fingerprint density at radius 1 is 1.04 bits per heavy atom. The lowest BCUT2D eigenvalue weighted by atomic mass is 10.2. The van der Waals surface area contributed by atoms with Crippen LogP contribution in [0.25, 0.3) is 5.69 Å². The summed E-state index contributed by atoms with van der Waals surface area (Å²) in [6, 6.07) is 15.1. The number of nitrogens with zero attached hydrogens (tertiary/aromatic N) is 3. The Labute approximate surface area is 171 Å². The van der Waals surface area contributed by atoms with E-state index in [1.54, 1.807) is 23.7 Å². The number of amides is 2. The molecule has 0 spiro atoms. The summed E-state index contributed by atoms with van der Waals surface area (Å²) in [6.45, 7) is 4.00. The topological polar surface area (TPSA) is 88.9 Å². The Morgan fingerprint density at radius 2 is 1.71 bits per heavy atom. The fourth-order valence-corrected chi connectivity index (χ4v) is 2.86. The van der Waals surface area contributed by atoms with Gasteiger partial charge >= 0.3 is 0 Å². The van der Waals surface area contributed by atoms with Crippen LogP contribution in [0.5, 0.6) is 0 Å². The number of hydrogen-bond acceptors (Lipinski definition) is 4. The fourth-order valence-electron chi connectivity index (χ4n) is 2.60. The van der Waals surface area contributed by atoms with Crippen molar-refractivity contribution in [3.63, 3.8) is 0 Å². The average Bonchev–Trinajstić information content (AvgIpc) is 3.06. The predicted molar refractivity (Wildman–Crippen MR) is 111 cm³/mol. The molecule has 0 aliphatic rings. The van der Waals surface area contributed by atoms with Crippen LogP contribution in [-0.2, 0) is 4.79 Å². The number of aryl methyl sites for hydroxylation is 1. The van der Waals surface area contributed by atoms with Gasteiger partial charge in [0.25, 0.3) is 5.91 Å². The van der Waals surface area contributed by atoms with Gasteiger partial charge in [-0.15, -0.1) is 5.10 Å². The van der Waals surface area contributed by atoms with Crippen LogP contribution in [0.2, 0.25) is 0 Å². The van der Waals surface area contributed by atoms with Gasteiger partial charge in [0.2, 0.25) is 5.91 Å². The summed E-state index contributed by atoms with van der Waals surface area (Å²) in [5.41, 5.74) is 3.57. The maximum atomic E-state index is 12.4. The molecule has 3 aromatic rings. The van der Waals surface area contributed by atoms with E-state index in [4.69, 9.17) is 0 Å². The summed E-state index contributed by atoms with van der Waals surface area (Å²) in [4.78, 5) is 24.4. The Balaban J connectivity index is 1.54. The number of anilines is 1. The number of carbonyl (C=O) groups excluding carboxylic acids is 2. The van der Waals surface area contributed by atoms with Crippen LogP contribution in [0.3, 0.4) is 0 Å². The zero-order valence-electron chi connectivity index (χ0n) is 15.6. The molecule has 2 aromatic carbocycles. The van der Waals surface area contributed by atoms with E-state index < -0.39 is 0 Å². The van der Waals surface area contributed by atoms with Crippen molar-refractivity contribution >= 4 is 33.4 Å². The maximum absolute atomic E-state index is 12.4. The summed E-state index contributed by atoms with van der Waals surface area (Å²) in [5, 5.41) is 13.5. The normalized spacial score (nSPS) is 10.5. The summed E-state index contributed by atoms with van der Waals surface area (Å²) < 4.78 is 2.56. The van der Waals surface area contributed by atoms with Gasteiger partial charge in [-0.25, -0.2) is 4.68 Å². The van der Waals surface area contributed by atoms with Crippen molar-refractivity contribution < 1.29 is 9.59 Å². The number of benzene rings is 2. The Morgan fingerprint density at radius 3 is 2.39 bits per heavy atom. The number of rotatable bonds is 6. The molecule has 0 radical (unpaired) electrons. The quantitative estimate of drug-likeness (QED) is 0.613. The molecule has 0 saturated heterocycles. The second-order valence-electron chi connectivity index (χ2n) is 6.33. The van der Waals surface area contributed by atoms with Crippen LogP contribution >= 0.6 is 15.9 Å². The minimum atomic E-state index is -0.354. The maximum Gasteiger partial charge on any atom is 0.273 e. The van der Waals surface area contributed by atoms with Crippen molar-refractivity contribution in [1.82, 2.24) is 20.3 Å². The molecule has 144 valence electrons. The van der Waals surface area contributed by atoms with E-state index in [1.165, 1.54) is 0 Å². The largest absolute Gasteiger partial charge is 0.350 e. The number of nitrogens with one attached hydrogen (secondary N) is 2. The molecule has 28 heavy (non-hydrogen) atoms. The van der Waals surface area contributed by atoms with Crippen molar-refractivity contribution in [2.75, 3.05) is 11.9 Å². The first-order valence-electron chi connectivity index (χ1n) is 8.77. The van der Waals surface area contributed by atoms with Gasteiger partial charge in [-0.3, -0.25) is 9.59 Å². The Hall–Kier alpha value is -3.00. The van der Waals surface area contributed by atoms with Gasteiger partial charge < -0.3 is 10.6 Å². The predicted octanol–water partition coefficient (Wildman–Crippen LogP) is 3.41. The molecule has 1 aromatic heterocycles. The van der Waals surface area contributed by atoms with E-state index in [1.807, 2.05) is 43.3 Å². The highest BCUT2D eigenvalue weighted by atomic mass is 79.9. The van der Waals surface area contributed by atoms with Gasteiger partial charge in [-0.2, -0.15) is 0 Å². The van der Waals surface area contributed by atoms with Gasteiger partial charge in [0, 0.05) is 23.1 Å². The highest BCUT2D eigenvalue weighted by Gasteiger charge is 2.17. The van der Waals surface area contributed by atoms with Crippen molar-refractivity contribution in [1.29, 1.82) is 0 Å². The molecule has 0 unspecified atom stereocenters. The van der Waals surface area contributed by atoms with Crippen LogP contribution in [0, 0.1) is 13.8 Å². The SMILES string of the molecule is Cc1ccc(-n2nnc(C(=O)NCCC(=O)Nc3ccc(Br)cc3)c2C)cc1. The first-order valence-corrected chi connectivity index (χ1v) is 9.56. The van der Waals surface area contributed by atoms with E-state index in [0.717, 1.165) is 15.7 Å². The lowest BCUT2D eigenvalue weighted by molar-refractivity contribution is -0.116. The molecular weight excluding hydrogens is 422 g/mol. The summed E-state index contributed by atoms with van der Waals surface area (Å²) >= 11 is 3.34. The molecule has 8 heteroatoms.